The van der Waals surface area contributed by atoms with E-state index in [0.29, 0.717) is 42.6 Å². The Morgan fingerprint density at radius 1 is 1.14 bits per heavy atom. The van der Waals surface area contributed by atoms with E-state index < -0.39 is 44.6 Å². The molecule has 2 atom stereocenters. The molecule has 0 bridgehead atoms. The van der Waals surface area contributed by atoms with Gasteiger partial charge in [-0.05, 0) is 48.4 Å². The fourth-order valence-electron chi connectivity index (χ4n) is 5.27. The Labute approximate surface area is 224 Å². The first kappa shape index (κ1) is 26.0. The Morgan fingerprint density at radius 3 is 2.54 bits per heavy atom. The molecule has 0 radical (unpaired) electrons. The van der Waals surface area contributed by atoms with Crippen LogP contribution in [0.2, 0.25) is 10.0 Å². The highest BCUT2D eigenvalue weighted by molar-refractivity contribution is 7.93. The summed E-state index contributed by atoms with van der Waals surface area (Å²) in [7, 11) is -2.90. The van der Waals surface area contributed by atoms with Crippen LogP contribution in [0.5, 0.6) is 5.75 Å². The maximum atomic E-state index is 14.0. The summed E-state index contributed by atoms with van der Waals surface area (Å²) in [5.41, 5.74) is 0.657. The predicted molar refractivity (Wildman–Crippen MR) is 135 cm³/mol. The number of rotatable bonds is 6. The van der Waals surface area contributed by atoms with Crippen LogP contribution < -0.4 is 4.74 Å². The summed E-state index contributed by atoms with van der Waals surface area (Å²) in [5.74, 6) is -1.66. The van der Waals surface area contributed by atoms with Crippen LogP contribution in [0.3, 0.4) is 0 Å². The fraction of sp³-hybridized carbons (Fsp3) is 0.400. The zero-order chi connectivity index (χ0) is 26.5. The molecule has 2 aromatic carbocycles. The van der Waals surface area contributed by atoms with Crippen LogP contribution >= 0.6 is 23.2 Å². The van der Waals surface area contributed by atoms with Gasteiger partial charge in [0.25, 0.3) is 5.91 Å². The summed E-state index contributed by atoms with van der Waals surface area (Å²) in [4.78, 5) is 39.7. The van der Waals surface area contributed by atoms with Crippen molar-refractivity contribution in [2.45, 2.75) is 22.6 Å². The number of hydrogen-bond donors (Lipinski definition) is 0. The summed E-state index contributed by atoms with van der Waals surface area (Å²) < 4.78 is 38.6. The third-order valence-corrected chi connectivity index (χ3v) is 10.1. The third kappa shape index (κ3) is 4.10. The molecular formula is C25H24Cl2N2O7S. The topological polar surface area (TPSA) is 110 Å². The van der Waals surface area contributed by atoms with Crippen LogP contribution in [0.4, 0.5) is 0 Å². The number of hydrogen-bond acceptors (Lipinski definition) is 7. The molecule has 9 nitrogen and oxygen atoms in total. The van der Waals surface area contributed by atoms with Crippen molar-refractivity contribution in [1.29, 1.82) is 0 Å². The fourth-order valence-corrected chi connectivity index (χ4v) is 7.78. The van der Waals surface area contributed by atoms with Crippen LogP contribution in [0, 0.1) is 5.92 Å². The van der Waals surface area contributed by atoms with Crippen LogP contribution in [-0.2, 0) is 30.6 Å². The average Bonchev–Trinajstić information content (AvgIpc) is 3.11. The first-order valence-electron chi connectivity index (χ1n) is 11.7. The number of carbonyl (C=O) groups excluding carboxylic acids is 3. The molecule has 5 rings (SSSR count). The first-order chi connectivity index (χ1) is 17.6. The number of morpholine rings is 1. The van der Waals surface area contributed by atoms with Gasteiger partial charge in [-0.3, -0.25) is 14.4 Å². The number of Topliss-reactive ketones (excluding diaryl/α,β-unsaturated/α-hetero) is 1. The Morgan fingerprint density at radius 2 is 1.86 bits per heavy atom. The van der Waals surface area contributed by atoms with Gasteiger partial charge in [0.05, 0.1) is 42.2 Å². The van der Waals surface area contributed by atoms with Crippen molar-refractivity contribution in [1.82, 2.24) is 9.80 Å². The van der Waals surface area contributed by atoms with Gasteiger partial charge in [0, 0.05) is 30.6 Å². The lowest BCUT2D eigenvalue weighted by atomic mass is 9.92. The number of ketones is 1. The van der Waals surface area contributed by atoms with E-state index in [1.165, 1.54) is 30.2 Å². The van der Waals surface area contributed by atoms with Gasteiger partial charge in [0.15, 0.2) is 5.78 Å². The number of fused-ring (bicyclic) bond motifs is 1. The maximum Gasteiger partial charge on any atom is 0.255 e. The Bertz CT molecular complexity index is 1410. The molecule has 3 aliphatic rings. The first-order valence-corrected chi connectivity index (χ1v) is 13.9. The maximum absolute atomic E-state index is 14.0. The number of β-lactam (4-membered cyclic amide) rings is 1. The van der Waals surface area contributed by atoms with Gasteiger partial charge in [-0.1, -0.05) is 23.2 Å². The number of benzene rings is 2. The summed E-state index contributed by atoms with van der Waals surface area (Å²) in [6.07, 6.45) is -0.294. The van der Waals surface area contributed by atoms with E-state index in [-0.39, 0.29) is 28.4 Å². The SMILES string of the molecule is COc1ccc(Cl)cc1CC1CN2C(=O)CC2(S(=O)(=O)c2ccc(Cl)c(C(=O)N3CCOCC3)c2)C1=O. The lowest BCUT2D eigenvalue weighted by Crippen LogP contribution is -2.67. The van der Waals surface area contributed by atoms with E-state index in [4.69, 9.17) is 32.7 Å². The normalized spacial score (nSPS) is 23.6. The molecule has 196 valence electrons. The molecule has 0 N–H and O–H groups in total. The summed E-state index contributed by atoms with van der Waals surface area (Å²) >= 11 is 12.4. The van der Waals surface area contributed by atoms with Gasteiger partial charge in [-0.15, -0.1) is 0 Å². The molecule has 2 aromatic rings. The van der Waals surface area contributed by atoms with Gasteiger partial charge >= 0.3 is 0 Å². The van der Waals surface area contributed by atoms with Crippen LogP contribution in [0.1, 0.15) is 22.3 Å². The molecule has 37 heavy (non-hydrogen) atoms. The number of carbonyl (C=O) groups is 3. The van der Waals surface area contributed by atoms with Gasteiger partial charge in [-0.2, -0.15) is 0 Å². The third-order valence-electron chi connectivity index (χ3n) is 7.22. The second-order valence-electron chi connectivity index (χ2n) is 9.24. The molecular weight excluding hydrogens is 543 g/mol. The molecule has 2 unspecified atom stereocenters. The minimum Gasteiger partial charge on any atom is -0.496 e. The van der Waals surface area contributed by atoms with E-state index in [1.807, 2.05) is 0 Å². The van der Waals surface area contributed by atoms with E-state index in [2.05, 4.69) is 0 Å². The number of halogens is 2. The smallest absolute Gasteiger partial charge is 0.255 e. The molecule has 3 saturated heterocycles. The number of methoxy groups -OCH3 is 1. The second-order valence-corrected chi connectivity index (χ2v) is 12.2. The highest BCUT2D eigenvalue weighted by Gasteiger charge is 2.70. The van der Waals surface area contributed by atoms with Crippen molar-refractivity contribution >= 4 is 50.6 Å². The quantitative estimate of drug-likeness (QED) is 0.494. The number of ether oxygens (including phenoxy) is 2. The van der Waals surface area contributed by atoms with Crippen LogP contribution in [0.25, 0.3) is 0 Å². The Hall–Kier alpha value is -2.66. The zero-order valence-electron chi connectivity index (χ0n) is 19.9. The lowest BCUT2D eigenvalue weighted by Gasteiger charge is -2.44. The van der Waals surface area contributed by atoms with Crippen LogP contribution in [0.15, 0.2) is 41.3 Å². The average molecular weight is 567 g/mol. The van der Waals surface area contributed by atoms with E-state index in [9.17, 15) is 22.8 Å². The standard InChI is InChI=1S/C25H24Cl2N2O7S/c1-35-21-5-2-17(26)11-15(21)10-16-14-29-22(30)13-25(29,23(16)31)37(33,34)18-3-4-20(27)19(12-18)24(32)28-6-8-36-9-7-28/h2-5,11-12,16H,6-10,13-14H2,1H3. The predicted octanol–water partition coefficient (Wildman–Crippen LogP) is 2.62. The summed E-state index contributed by atoms with van der Waals surface area (Å²) in [5, 5.41) is 0.541. The molecule has 3 fully saturated rings. The minimum absolute atomic E-state index is 0.0175. The summed E-state index contributed by atoms with van der Waals surface area (Å²) in [6.45, 7) is 1.40. The van der Waals surface area contributed by atoms with Crippen molar-refractivity contribution in [3.8, 4) is 5.75 Å². The second kappa shape index (κ2) is 9.58. The number of amides is 2. The van der Waals surface area contributed by atoms with Gasteiger partial charge in [0.2, 0.25) is 20.6 Å². The Kier molecular flexibility index (Phi) is 6.72. The molecule has 3 aliphatic heterocycles. The van der Waals surface area contributed by atoms with Gasteiger partial charge in [0.1, 0.15) is 5.75 Å². The molecule has 12 heteroatoms. The zero-order valence-corrected chi connectivity index (χ0v) is 22.2. The number of sulfone groups is 1. The number of nitrogens with zero attached hydrogens (tertiary/aromatic N) is 2. The van der Waals surface area contributed by atoms with Crippen molar-refractivity contribution in [3.63, 3.8) is 0 Å². The summed E-state index contributed by atoms with van der Waals surface area (Å²) in [6, 6.07) is 8.78. The lowest BCUT2D eigenvalue weighted by molar-refractivity contribution is -0.150. The van der Waals surface area contributed by atoms with Gasteiger partial charge in [-0.25, -0.2) is 8.42 Å². The van der Waals surface area contributed by atoms with E-state index in [0.717, 1.165) is 4.90 Å². The minimum atomic E-state index is -4.39. The molecule has 0 spiro atoms. The van der Waals surface area contributed by atoms with Crippen LogP contribution in [-0.4, -0.2) is 80.6 Å². The molecule has 0 aromatic heterocycles. The van der Waals surface area contributed by atoms with Crippen molar-refractivity contribution in [2.24, 2.45) is 5.92 Å². The molecule has 3 heterocycles. The van der Waals surface area contributed by atoms with Crippen molar-refractivity contribution in [2.75, 3.05) is 40.0 Å². The Balaban J connectivity index is 1.49. The highest BCUT2D eigenvalue weighted by atomic mass is 35.5. The molecule has 2 amide bonds. The van der Waals surface area contributed by atoms with Crippen molar-refractivity contribution < 1.29 is 32.3 Å². The van der Waals surface area contributed by atoms with E-state index in [1.54, 1.807) is 18.2 Å². The molecule has 0 aliphatic carbocycles. The monoisotopic (exact) mass is 566 g/mol. The largest absolute Gasteiger partial charge is 0.496 e. The van der Waals surface area contributed by atoms with Crippen molar-refractivity contribution in [3.05, 3.63) is 57.6 Å². The van der Waals surface area contributed by atoms with E-state index >= 15 is 0 Å². The molecule has 0 saturated carbocycles. The highest BCUT2D eigenvalue weighted by Crippen LogP contribution is 2.49. The van der Waals surface area contributed by atoms with Gasteiger partial charge < -0.3 is 19.3 Å².